The van der Waals surface area contributed by atoms with Crippen LogP contribution >= 0.6 is 24.8 Å². The molecule has 0 radical (unpaired) electrons. The Morgan fingerprint density at radius 1 is 1.03 bits per heavy atom. The van der Waals surface area contributed by atoms with Crippen molar-refractivity contribution in [1.29, 1.82) is 0 Å². The summed E-state index contributed by atoms with van der Waals surface area (Å²) in [4.78, 5) is 5.93. The van der Waals surface area contributed by atoms with Crippen molar-refractivity contribution >= 4 is 34.8 Å². The van der Waals surface area contributed by atoms with E-state index in [4.69, 9.17) is 21.0 Å². The Balaban J connectivity index is 0.00000420. The fraction of sp³-hybridized carbons (Fsp3) is 0.700. The summed E-state index contributed by atoms with van der Waals surface area (Å²) in [5.74, 6) is 0.822. The molecule has 176 valence electrons. The zero-order valence-electron chi connectivity index (χ0n) is 18.6. The molecular formula is C20H37Cl2N3O4S. The number of rotatable bonds is 9. The molecule has 30 heavy (non-hydrogen) atoms. The molecule has 0 unspecified atom stereocenters. The lowest BCUT2D eigenvalue weighted by atomic mass is 9.88. The summed E-state index contributed by atoms with van der Waals surface area (Å²) in [6, 6.07) is 0. The van der Waals surface area contributed by atoms with Crippen molar-refractivity contribution in [3.8, 4) is 5.75 Å². The van der Waals surface area contributed by atoms with Crippen molar-refractivity contribution in [2.75, 3.05) is 26.2 Å². The molecule has 0 saturated heterocycles. The van der Waals surface area contributed by atoms with Gasteiger partial charge >= 0.3 is 0 Å². The van der Waals surface area contributed by atoms with Gasteiger partial charge in [0.15, 0.2) is 0 Å². The largest absolute Gasteiger partial charge is 0.487 e. The highest BCUT2D eigenvalue weighted by Gasteiger charge is 2.35. The first-order valence-electron chi connectivity index (χ1n) is 9.94. The zero-order valence-corrected chi connectivity index (χ0v) is 21.1. The van der Waals surface area contributed by atoms with E-state index in [9.17, 15) is 8.42 Å². The molecule has 1 aromatic rings. The van der Waals surface area contributed by atoms with Crippen LogP contribution < -0.4 is 16.2 Å². The van der Waals surface area contributed by atoms with Crippen molar-refractivity contribution < 1.29 is 18.0 Å². The van der Waals surface area contributed by atoms with Gasteiger partial charge in [-0.25, -0.2) is 8.42 Å². The molecule has 2 rings (SSSR count). The molecule has 0 amide bonds. The second-order valence-corrected chi connectivity index (χ2v) is 9.79. The van der Waals surface area contributed by atoms with Crippen LogP contribution in [-0.2, 0) is 21.3 Å². The third-order valence-corrected chi connectivity index (χ3v) is 7.27. The second-order valence-electron chi connectivity index (χ2n) is 8.02. The lowest BCUT2D eigenvalue weighted by molar-refractivity contribution is -0.0847. The number of nitrogens with two attached hydrogens (primary N) is 2. The van der Waals surface area contributed by atoms with Gasteiger partial charge in [-0.05, 0) is 95.6 Å². The smallest absolute Gasteiger partial charge is 0.265 e. The minimum atomic E-state index is -3.84. The maximum atomic E-state index is 13.5. The Hall–Kier alpha value is -0.610. The van der Waals surface area contributed by atoms with Gasteiger partial charge in [-0.1, -0.05) is 4.47 Å². The summed E-state index contributed by atoms with van der Waals surface area (Å²) in [7, 11) is -3.84. The molecule has 7 nitrogen and oxygen atoms in total. The first-order chi connectivity index (χ1) is 13.1. The molecule has 0 atom stereocenters. The summed E-state index contributed by atoms with van der Waals surface area (Å²) >= 11 is 0. The van der Waals surface area contributed by atoms with E-state index < -0.39 is 10.0 Å². The average molecular weight is 487 g/mol. The topological polar surface area (TPSA) is 108 Å². The first kappa shape index (κ1) is 29.4. The normalized spacial score (nSPS) is 15.1. The zero-order chi connectivity index (χ0) is 21.1. The standard InChI is InChI=1S/C20H35N3O4S.2ClH/c1-14-15(2)19(16(3)17-8-9-20(4,5)27-18(14)17)28(24,25)23(12-6-10-21)26-13-7-11-22;;/h6-13,21-22H2,1-5H3;2*1H. The van der Waals surface area contributed by atoms with Gasteiger partial charge in [0.2, 0.25) is 0 Å². The Morgan fingerprint density at radius 3 is 2.20 bits per heavy atom. The number of fused-ring (bicyclic) bond motifs is 1. The number of benzene rings is 1. The molecule has 4 N–H and O–H groups in total. The van der Waals surface area contributed by atoms with Crippen molar-refractivity contribution in [3.63, 3.8) is 0 Å². The minimum Gasteiger partial charge on any atom is -0.487 e. The highest BCUT2D eigenvalue weighted by molar-refractivity contribution is 7.89. The van der Waals surface area contributed by atoms with Crippen LogP contribution in [0.5, 0.6) is 5.75 Å². The van der Waals surface area contributed by atoms with Crippen LogP contribution in [0.15, 0.2) is 4.90 Å². The van der Waals surface area contributed by atoms with E-state index in [2.05, 4.69) is 13.8 Å². The maximum absolute atomic E-state index is 13.5. The molecule has 1 aliphatic heterocycles. The molecule has 1 heterocycles. The van der Waals surface area contributed by atoms with E-state index in [1.807, 2.05) is 20.8 Å². The van der Waals surface area contributed by atoms with Gasteiger partial charge in [-0.15, -0.1) is 24.8 Å². The average Bonchev–Trinajstić information content (AvgIpc) is 2.61. The lowest BCUT2D eigenvalue weighted by Gasteiger charge is -2.36. The van der Waals surface area contributed by atoms with Crippen LogP contribution in [-0.4, -0.2) is 44.7 Å². The predicted molar refractivity (Wildman–Crippen MR) is 125 cm³/mol. The van der Waals surface area contributed by atoms with Crippen LogP contribution in [0.4, 0.5) is 0 Å². The first-order valence-corrected chi connectivity index (χ1v) is 11.4. The van der Waals surface area contributed by atoms with Gasteiger partial charge in [0, 0.05) is 6.54 Å². The number of sulfonamides is 1. The number of hydrogen-bond donors (Lipinski definition) is 2. The number of nitrogens with zero attached hydrogens (tertiary/aromatic N) is 1. The van der Waals surface area contributed by atoms with Crippen LogP contribution in [0.3, 0.4) is 0 Å². The van der Waals surface area contributed by atoms with Crippen molar-refractivity contribution in [2.24, 2.45) is 11.5 Å². The van der Waals surface area contributed by atoms with Crippen molar-refractivity contribution in [2.45, 2.75) is 70.8 Å². The fourth-order valence-electron chi connectivity index (χ4n) is 3.56. The Labute approximate surface area is 193 Å². The van der Waals surface area contributed by atoms with E-state index in [0.717, 1.165) is 39.8 Å². The predicted octanol–water partition coefficient (Wildman–Crippen LogP) is 3.18. The second kappa shape index (κ2) is 11.9. The number of hydrogen-bond acceptors (Lipinski definition) is 6. The lowest BCUT2D eigenvalue weighted by Crippen LogP contribution is -2.36. The van der Waals surface area contributed by atoms with E-state index in [0.29, 0.717) is 36.4 Å². The van der Waals surface area contributed by atoms with Gasteiger partial charge in [0.1, 0.15) is 11.4 Å². The highest BCUT2D eigenvalue weighted by Crippen LogP contribution is 2.42. The quantitative estimate of drug-likeness (QED) is 0.410. The van der Waals surface area contributed by atoms with E-state index >= 15 is 0 Å². The molecule has 0 aliphatic carbocycles. The summed E-state index contributed by atoms with van der Waals surface area (Å²) in [6.07, 6.45) is 2.72. The molecule has 10 heteroatoms. The minimum absolute atomic E-state index is 0. The van der Waals surface area contributed by atoms with Gasteiger partial charge in [-0.2, -0.15) is 0 Å². The van der Waals surface area contributed by atoms with Gasteiger partial charge in [0.05, 0.1) is 11.5 Å². The van der Waals surface area contributed by atoms with Crippen LogP contribution in [0.2, 0.25) is 0 Å². The molecule has 0 saturated carbocycles. The Bertz CT molecular complexity index is 817. The third kappa shape index (κ3) is 6.22. The molecule has 0 spiro atoms. The molecular weight excluding hydrogens is 449 g/mol. The molecule has 0 aromatic heterocycles. The fourth-order valence-corrected chi connectivity index (χ4v) is 5.40. The summed E-state index contributed by atoms with van der Waals surface area (Å²) in [5.41, 5.74) is 14.2. The van der Waals surface area contributed by atoms with Crippen LogP contribution in [0.25, 0.3) is 0 Å². The van der Waals surface area contributed by atoms with Gasteiger partial charge in [0.25, 0.3) is 10.0 Å². The van der Waals surface area contributed by atoms with Gasteiger partial charge < -0.3 is 16.2 Å². The van der Waals surface area contributed by atoms with Gasteiger partial charge in [-0.3, -0.25) is 4.84 Å². The number of halogens is 2. The number of hydroxylamine groups is 1. The molecule has 0 fully saturated rings. The summed E-state index contributed by atoms with van der Waals surface area (Å²) < 4.78 is 34.4. The Kier molecular flexibility index (Phi) is 11.6. The van der Waals surface area contributed by atoms with E-state index in [-0.39, 0.29) is 43.6 Å². The van der Waals surface area contributed by atoms with E-state index in [1.165, 1.54) is 0 Å². The van der Waals surface area contributed by atoms with Crippen LogP contribution in [0, 0.1) is 20.8 Å². The molecule has 0 bridgehead atoms. The van der Waals surface area contributed by atoms with E-state index in [1.54, 1.807) is 0 Å². The monoisotopic (exact) mass is 485 g/mol. The molecule has 1 aromatic carbocycles. The van der Waals surface area contributed by atoms with Crippen molar-refractivity contribution in [1.82, 2.24) is 4.47 Å². The summed E-state index contributed by atoms with van der Waals surface area (Å²) in [5, 5.41) is 0. The maximum Gasteiger partial charge on any atom is 0.265 e. The SMILES string of the molecule is Cc1c(C)c(S(=O)(=O)N(CCCN)OCCCN)c(C)c2c1OC(C)(C)CC2.Cl.Cl. The number of ether oxygens (including phenoxy) is 1. The van der Waals surface area contributed by atoms with Crippen LogP contribution in [0.1, 0.15) is 55.4 Å². The Morgan fingerprint density at radius 2 is 1.63 bits per heavy atom. The molecule has 1 aliphatic rings. The highest BCUT2D eigenvalue weighted by atomic mass is 35.5. The third-order valence-electron chi connectivity index (χ3n) is 5.32. The van der Waals surface area contributed by atoms with Crippen molar-refractivity contribution in [3.05, 3.63) is 22.3 Å². The summed E-state index contributed by atoms with van der Waals surface area (Å²) in [6.45, 7) is 11.0.